The maximum absolute atomic E-state index is 10.9. The van der Waals surface area contributed by atoms with Crippen LogP contribution in [0.2, 0.25) is 0 Å². The van der Waals surface area contributed by atoms with Gasteiger partial charge < -0.3 is 14.8 Å². The lowest BCUT2D eigenvalue weighted by atomic mass is 9.91. The zero-order valence-corrected chi connectivity index (χ0v) is 8.42. The largest absolute Gasteiger partial charge is 0.356 e. The van der Waals surface area contributed by atoms with Crippen LogP contribution in [0.5, 0.6) is 0 Å². The molecule has 0 aromatic carbocycles. The van der Waals surface area contributed by atoms with E-state index in [0.717, 1.165) is 6.42 Å². The van der Waals surface area contributed by atoms with Crippen LogP contribution >= 0.6 is 0 Å². The first-order valence-corrected chi connectivity index (χ1v) is 4.49. The van der Waals surface area contributed by atoms with Crippen LogP contribution < -0.4 is 5.32 Å². The summed E-state index contributed by atoms with van der Waals surface area (Å²) in [5, 5.41) is 2.92. The number of nitrogens with one attached hydrogen (secondary N) is 1. The average molecular weight is 187 g/mol. The van der Waals surface area contributed by atoms with Crippen molar-refractivity contribution < 1.29 is 14.3 Å². The van der Waals surface area contributed by atoms with Crippen molar-refractivity contribution in [3.8, 4) is 0 Å². The number of carbonyl (C=O) groups is 1. The van der Waals surface area contributed by atoms with E-state index in [-0.39, 0.29) is 17.7 Å². The van der Waals surface area contributed by atoms with E-state index >= 15 is 0 Å². The fraction of sp³-hybridized carbons (Fsp3) is 0.889. The fourth-order valence-corrected chi connectivity index (χ4v) is 1.63. The number of amides is 1. The van der Waals surface area contributed by atoms with Crippen molar-refractivity contribution in [2.45, 2.75) is 38.5 Å². The van der Waals surface area contributed by atoms with E-state index in [2.05, 4.69) is 5.32 Å². The Labute approximate surface area is 78.6 Å². The molecule has 1 aliphatic rings. The van der Waals surface area contributed by atoms with Crippen LogP contribution in [0.1, 0.15) is 26.7 Å². The summed E-state index contributed by atoms with van der Waals surface area (Å²) < 4.78 is 10.4. The molecule has 13 heavy (non-hydrogen) atoms. The van der Waals surface area contributed by atoms with E-state index < -0.39 is 0 Å². The van der Waals surface area contributed by atoms with Crippen LogP contribution in [0, 0.1) is 0 Å². The van der Waals surface area contributed by atoms with Gasteiger partial charge >= 0.3 is 0 Å². The van der Waals surface area contributed by atoms with Crippen molar-refractivity contribution in [3.63, 3.8) is 0 Å². The Bertz CT molecular complexity index is 195. The van der Waals surface area contributed by atoms with E-state index in [1.165, 1.54) is 6.92 Å². The van der Waals surface area contributed by atoms with Crippen molar-refractivity contribution in [2.75, 3.05) is 13.7 Å². The van der Waals surface area contributed by atoms with Crippen LogP contribution in [0.15, 0.2) is 0 Å². The van der Waals surface area contributed by atoms with Crippen LogP contribution in [-0.4, -0.2) is 31.5 Å². The van der Waals surface area contributed by atoms with E-state index in [1.807, 2.05) is 6.92 Å². The van der Waals surface area contributed by atoms with E-state index in [4.69, 9.17) is 9.47 Å². The molecule has 4 nitrogen and oxygen atoms in total. The smallest absolute Gasteiger partial charge is 0.217 e. The first kappa shape index (κ1) is 10.5. The van der Waals surface area contributed by atoms with Gasteiger partial charge in [-0.25, -0.2) is 0 Å². The normalized spacial score (nSPS) is 34.2. The molecule has 2 atom stereocenters. The zero-order valence-electron chi connectivity index (χ0n) is 8.42. The van der Waals surface area contributed by atoms with Crippen LogP contribution in [-0.2, 0) is 14.3 Å². The van der Waals surface area contributed by atoms with E-state index in [1.54, 1.807) is 7.11 Å². The lowest BCUT2D eigenvalue weighted by Gasteiger charge is -2.37. The molecular formula is C9H17NO3. The minimum atomic E-state index is -0.189. The van der Waals surface area contributed by atoms with Gasteiger partial charge in [0, 0.05) is 26.0 Å². The molecule has 0 bridgehead atoms. The number of hydrogen-bond acceptors (Lipinski definition) is 3. The Morgan fingerprint density at radius 1 is 1.69 bits per heavy atom. The molecule has 4 heteroatoms. The lowest BCUT2D eigenvalue weighted by molar-refractivity contribution is -0.166. The second kappa shape index (κ2) is 4.07. The third-order valence-corrected chi connectivity index (χ3v) is 2.32. The molecule has 1 amide bonds. The predicted molar refractivity (Wildman–Crippen MR) is 48.2 cm³/mol. The Morgan fingerprint density at radius 2 is 2.38 bits per heavy atom. The van der Waals surface area contributed by atoms with Crippen molar-refractivity contribution in [1.29, 1.82) is 0 Å². The molecule has 1 N–H and O–H groups in total. The van der Waals surface area contributed by atoms with Gasteiger partial charge in [0.15, 0.2) is 6.29 Å². The van der Waals surface area contributed by atoms with Gasteiger partial charge in [-0.15, -0.1) is 0 Å². The molecule has 0 aliphatic carbocycles. The van der Waals surface area contributed by atoms with Gasteiger partial charge in [0.05, 0.1) is 6.61 Å². The molecule has 0 aromatic heterocycles. The second-order valence-corrected chi connectivity index (χ2v) is 3.73. The first-order chi connectivity index (χ1) is 6.06. The maximum atomic E-state index is 10.9. The highest BCUT2D eigenvalue weighted by molar-refractivity contribution is 5.73. The highest BCUT2D eigenvalue weighted by atomic mass is 16.7. The average Bonchev–Trinajstić information content (AvgIpc) is 2.02. The van der Waals surface area contributed by atoms with Crippen molar-refractivity contribution in [3.05, 3.63) is 0 Å². The molecular weight excluding hydrogens is 170 g/mol. The molecule has 1 saturated heterocycles. The Hall–Kier alpha value is -0.610. The van der Waals surface area contributed by atoms with Crippen molar-refractivity contribution >= 4 is 5.91 Å². The van der Waals surface area contributed by atoms with Crippen LogP contribution in [0.25, 0.3) is 0 Å². The Kier molecular flexibility index (Phi) is 3.27. The van der Waals surface area contributed by atoms with Crippen molar-refractivity contribution in [2.24, 2.45) is 0 Å². The summed E-state index contributed by atoms with van der Waals surface area (Å²) in [5.74, 6) is -0.000692. The first-order valence-electron chi connectivity index (χ1n) is 4.49. The minimum Gasteiger partial charge on any atom is -0.356 e. The minimum absolute atomic E-state index is 0.000692. The molecule has 0 spiro atoms. The summed E-state index contributed by atoms with van der Waals surface area (Å²) in [4.78, 5) is 10.9. The summed E-state index contributed by atoms with van der Waals surface area (Å²) >= 11 is 0. The second-order valence-electron chi connectivity index (χ2n) is 3.73. The third kappa shape index (κ3) is 2.97. The van der Waals surface area contributed by atoms with Gasteiger partial charge in [-0.3, -0.25) is 4.79 Å². The Morgan fingerprint density at radius 3 is 2.92 bits per heavy atom. The zero-order chi connectivity index (χ0) is 9.90. The predicted octanol–water partition coefficient (Wildman–Crippen LogP) is 0.664. The molecule has 0 radical (unpaired) electrons. The summed E-state index contributed by atoms with van der Waals surface area (Å²) in [6.45, 7) is 4.18. The van der Waals surface area contributed by atoms with Gasteiger partial charge in [-0.1, -0.05) is 0 Å². The van der Waals surface area contributed by atoms with Gasteiger partial charge in [0.25, 0.3) is 0 Å². The molecule has 0 aromatic rings. The molecule has 0 saturated carbocycles. The number of rotatable bonds is 2. The standard InChI is InChI=1S/C9H17NO3/c1-7(11)10-9(2)4-5-13-8(6-9)12-3/h8H,4-6H2,1-3H3,(H,10,11)/t8-,9-/m0/s1. The molecule has 76 valence electrons. The lowest BCUT2D eigenvalue weighted by Crippen LogP contribution is -2.51. The van der Waals surface area contributed by atoms with Gasteiger partial charge in [-0.2, -0.15) is 0 Å². The maximum Gasteiger partial charge on any atom is 0.217 e. The number of methoxy groups -OCH3 is 1. The molecule has 1 rings (SSSR count). The molecule has 1 fully saturated rings. The van der Waals surface area contributed by atoms with Crippen LogP contribution in [0.4, 0.5) is 0 Å². The third-order valence-electron chi connectivity index (χ3n) is 2.32. The summed E-state index contributed by atoms with van der Waals surface area (Å²) in [6, 6.07) is 0. The highest BCUT2D eigenvalue weighted by Crippen LogP contribution is 2.24. The number of hydrogen-bond donors (Lipinski definition) is 1. The quantitative estimate of drug-likeness (QED) is 0.691. The van der Waals surface area contributed by atoms with Gasteiger partial charge in [-0.05, 0) is 13.3 Å². The monoisotopic (exact) mass is 187 g/mol. The molecule has 1 aliphatic heterocycles. The van der Waals surface area contributed by atoms with Gasteiger partial charge in [0.2, 0.25) is 5.91 Å². The fourth-order valence-electron chi connectivity index (χ4n) is 1.63. The topological polar surface area (TPSA) is 47.6 Å². The SMILES string of the molecule is CO[C@@H]1C[C@@](C)(NC(C)=O)CCO1. The number of carbonyl (C=O) groups excluding carboxylic acids is 1. The van der Waals surface area contributed by atoms with Crippen LogP contribution in [0.3, 0.4) is 0 Å². The van der Waals surface area contributed by atoms with E-state index in [0.29, 0.717) is 13.0 Å². The van der Waals surface area contributed by atoms with Gasteiger partial charge in [0.1, 0.15) is 0 Å². The van der Waals surface area contributed by atoms with E-state index in [9.17, 15) is 4.79 Å². The Balaban J connectivity index is 2.51. The summed E-state index contributed by atoms with van der Waals surface area (Å²) in [6.07, 6.45) is 1.36. The molecule has 1 heterocycles. The van der Waals surface area contributed by atoms with Crippen molar-refractivity contribution in [1.82, 2.24) is 5.32 Å². The highest BCUT2D eigenvalue weighted by Gasteiger charge is 2.33. The summed E-state index contributed by atoms with van der Waals surface area (Å²) in [7, 11) is 1.62. The molecule has 0 unspecified atom stereocenters. The summed E-state index contributed by atoms with van der Waals surface area (Å²) in [5.41, 5.74) is -0.176. The number of ether oxygens (including phenoxy) is 2.